The topological polar surface area (TPSA) is 0 Å². The van der Waals surface area contributed by atoms with Crippen molar-refractivity contribution in [1.29, 1.82) is 0 Å². The second-order valence-electron chi connectivity index (χ2n) is 23.6. The van der Waals surface area contributed by atoms with E-state index in [4.69, 9.17) is 0 Å². The van der Waals surface area contributed by atoms with E-state index in [1.165, 1.54) is 150 Å². The normalized spacial score (nSPS) is 13.3. The van der Waals surface area contributed by atoms with Crippen molar-refractivity contribution in [2.24, 2.45) is 0 Å². The van der Waals surface area contributed by atoms with Gasteiger partial charge in [0, 0.05) is 5.41 Å². The van der Waals surface area contributed by atoms with Gasteiger partial charge in [-0.25, -0.2) is 0 Å². The summed E-state index contributed by atoms with van der Waals surface area (Å²) in [7, 11) is 0. The third-order valence-electron chi connectivity index (χ3n) is 16.7. The Morgan fingerprint density at radius 3 is 1.27 bits per heavy atom. The maximum Gasteiger partial charge on any atom is 0.0435 e. The SMILES string of the molecule is Cc1ccc2c(c1)C(C)(c1ccc3c(-c4ccccc4)c4c(c(-c5ccccc5)c3c1)-c1ccc(-c3cc(-c5ccc(C(C)(C)C)cc5)cc(-c5ccc(C(C)(C)C)cc5)c3)c3cccc-4c13)c1cc(C)ccc1-2. The average molecular weight is 951 g/mol. The number of hydrogen-bond acceptors (Lipinski definition) is 0. The fourth-order valence-corrected chi connectivity index (χ4v) is 12.7. The van der Waals surface area contributed by atoms with Crippen LogP contribution in [0.15, 0.2) is 212 Å². The lowest BCUT2D eigenvalue weighted by atomic mass is 9.72. The van der Waals surface area contributed by atoms with Gasteiger partial charge in [0.1, 0.15) is 0 Å². The summed E-state index contributed by atoms with van der Waals surface area (Å²) in [6.07, 6.45) is 0. The molecule has 0 unspecified atom stereocenters. The van der Waals surface area contributed by atoms with Crippen LogP contribution in [0.1, 0.15) is 87.4 Å². The largest absolute Gasteiger partial charge is 0.0622 e. The van der Waals surface area contributed by atoms with Crippen LogP contribution < -0.4 is 0 Å². The first-order chi connectivity index (χ1) is 35.6. The Kier molecular flexibility index (Phi) is 10.4. The molecule has 13 rings (SSSR count). The van der Waals surface area contributed by atoms with E-state index in [0.29, 0.717) is 0 Å². The molecule has 0 nitrogen and oxygen atoms in total. The Hall–Kier alpha value is -8.06. The molecular weight excluding hydrogens is 889 g/mol. The van der Waals surface area contributed by atoms with Gasteiger partial charge in [-0.15, -0.1) is 0 Å². The lowest BCUT2D eigenvalue weighted by molar-refractivity contribution is 0.590. The van der Waals surface area contributed by atoms with Gasteiger partial charge in [-0.3, -0.25) is 0 Å². The van der Waals surface area contributed by atoms with Crippen LogP contribution in [0.5, 0.6) is 0 Å². The summed E-state index contributed by atoms with van der Waals surface area (Å²) in [4.78, 5) is 0. The Morgan fingerprint density at radius 2 is 0.757 bits per heavy atom. The van der Waals surface area contributed by atoms with E-state index in [-0.39, 0.29) is 16.2 Å². The van der Waals surface area contributed by atoms with Gasteiger partial charge in [0.2, 0.25) is 0 Å². The van der Waals surface area contributed by atoms with Crippen molar-refractivity contribution < 1.29 is 0 Å². The molecule has 0 N–H and O–H groups in total. The second kappa shape index (κ2) is 16.7. The molecule has 358 valence electrons. The Bertz CT molecular complexity index is 3930. The molecule has 0 saturated carbocycles. The average Bonchev–Trinajstić information content (AvgIpc) is 3.87. The predicted molar refractivity (Wildman–Crippen MR) is 317 cm³/mol. The van der Waals surface area contributed by atoms with Gasteiger partial charge in [-0.1, -0.05) is 241 Å². The van der Waals surface area contributed by atoms with Gasteiger partial charge in [-0.05, 0) is 194 Å². The number of aryl methyl sites for hydroxylation is 2. The molecule has 11 aromatic rings. The molecule has 0 radical (unpaired) electrons. The number of benzene rings is 11. The van der Waals surface area contributed by atoms with E-state index in [2.05, 4.69) is 275 Å². The Balaban J connectivity index is 1.08. The molecule has 0 aliphatic heterocycles. The fraction of sp³-hybridized carbons (Fsp3) is 0.162. The molecular formula is C74H62. The zero-order valence-corrected chi connectivity index (χ0v) is 44.2. The molecule has 0 atom stereocenters. The maximum absolute atomic E-state index is 2.57. The number of fused-ring (bicyclic) bond motifs is 7. The molecule has 0 saturated heterocycles. The first-order valence-electron chi connectivity index (χ1n) is 26.6. The summed E-state index contributed by atoms with van der Waals surface area (Å²) in [5, 5.41) is 5.13. The lowest BCUT2D eigenvalue weighted by Crippen LogP contribution is -2.22. The van der Waals surface area contributed by atoms with Crippen LogP contribution in [-0.2, 0) is 16.2 Å². The minimum atomic E-state index is -0.356. The summed E-state index contributed by atoms with van der Waals surface area (Å²) >= 11 is 0. The fourth-order valence-electron chi connectivity index (χ4n) is 12.7. The van der Waals surface area contributed by atoms with Crippen LogP contribution >= 0.6 is 0 Å². The maximum atomic E-state index is 2.57. The Morgan fingerprint density at radius 1 is 0.297 bits per heavy atom. The van der Waals surface area contributed by atoms with Crippen LogP contribution in [0.3, 0.4) is 0 Å². The quantitative estimate of drug-likeness (QED) is 0.156. The van der Waals surface area contributed by atoms with Gasteiger partial charge < -0.3 is 0 Å². The summed E-state index contributed by atoms with van der Waals surface area (Å²) in [6, 6.07) is 81.6. The predicted octanol–water partition coefficient (Wildman–Crippen LogP) is 20.5. The summed E-state index contributed by atoms with van der Waals surface area (Å²) in [5.41, 5.74) is 29.4. The zero-order chi connectivity index (χ0) is 50.8. The van der Waals surface area contributed by atoms with Crippen molar-refractivity contribution >= 4 is 21.5 Å². The third-order valence-corrected chi connectivity index (χ3v) is 16.7. The zero-order valence-electron chi connectivity index (χ0n) is 44.2. The van der Waals surface area contributed by atoms with E-state index in [1.807, 2.05) is 0 Å². The van der Waals surface area contributed by atoms with Gasteiger partial charge in [0.15, 0.2) is 0 Å². The third kappa shape index (κ3) is 7.17. The first kappa shape index (κ1) is 45.8. The molecule has 0 amide bonds. The minimum Gasteiger partial charge on any atom is -0.0622 e. The van der Waals surface area contributed by atoms with Gasteiger partial charge in [0.25, 0.3) is 0 Å². The van der Waals surface area contributed by atoms with Crippen molar-refractivity contribution in [1.82, 2.24) is 0 Å². The van der Waals surface area contributed by atoms with Crippen molar-refractivity contribution in [2.75, 3.05) is 0 Å². The van der Waals surface area contributed by atoms with Gasteiger partial charge in [0.05, 0.1) is 0 Å². The van der Waals surface area contributed by atoms with Crippen LogP contribution in [0.2, 0.25) is 0 Å². The van der Waals surface area contributed by atoms with Crippen molar-refractivity contribution in [3.63, 3.8) is 0 Å². The number of rotatable bonds is 6. The molecule has 0 bridgehead atoms. The molecule has 2 aliphatic rings. The highest BCUT2D eigenvalue weighted by molar-refractivity contribution is 6.29. The minimum absolute atomic E-state index is 0.0719. The second-order valence-corrected chi connectivity index (χ2v) is 23.6. The molecule has 0 fully saturated rings. The molecule has 2 aliphatic carbocycles. The highest BCUT2D eigenvalue weighted by Crippen LogP contribution is 2.60. The van der Waals surface area contributed by atoms with Gasteiger partial charge in [-0.2, -0.15) is 0 Å². The smallest absolute Gasteiger partial charge is 0.0435 e. The lowest BCUT2D eigenvalue weighted by Gasteiger charge is -2.30. The standard InChI is InChI=1S/C74H62/c1-45-23-34-58-59-35-24-46(2)40-66(59)74(9,65(58)39-45)56-33-36-61-64(44-56)68(50-19-14-11-15-20-50)71-63-38-37-57(60-21-16-22-62(69(60)63)70(71)67(61)49-17-12-10-13-18-49)53-42-51(47-25-29-54(30-26-47)72(3,4)5)41-52(43-53)48-27-31-55(32-28-48)73(6,7)8/h10-44H,1-9H3. The van der Waals surface area contributed by atoms with Gasteiger partial charge >= 0.3 is 0 Å². The first-order valence-corrected chi connectivity index (χ1v) is 26.6. The summed E-state index contributed by atoms with van der Waals surface area (Å²) in [6.45, 7) is 20.7. The van der Waals surface area contributed by atoms with Crippen LogP contribution in [0.25, 0.3) is 111 Å². The van der Waals surface area contributed by atoms with E-state index in [1.54, 1.807) is 0 Å². The van der Waals surface area contributed by atoms with E-state index < -0.39 is 0 Å². The highest BCUT2D eigenvalue weighted by Gasteiger charge is 2.42. The van der Waals surface area contributed by atoms with Crippen molar-refractivity contribution in [3.05, 3.63) is 251 Å². The molecule has 0 aromatic heterocycles. The summed E-state index contributed by atoms with van der Waals surface area (Å²) in [5.74, 6) is 0. The van der Waals surface area contributed by atoms with E-state index in [9.17, 15) is 0 Å². The monoisotopic (exact) mass is 950 g/mol. The highest BCUT2D eigenvalue weighted by atomic mass is 14.4. The van der Waals surface area contributed by atoms with E-state index >= 15 is 0 Å². The number of hydrogen-bond donors (Lipinski definition) is 0. The molecule has 0 heterocycles. The Labute approximate surface area is 438 Å². The molecule has 74 heavy (non-hydrogen) atoms. The van der Waals surface area contributed by atoms with Crippen molar-refractivity contribution in [3.8, 4) is 89.0 Å². The van der Waals surface area contributed by atoms with Crippen LogP contribution in [-0.4, -0.2) is 0 Å². The molecule has 0 heteroatoms. The van der Waals surface area contributed by atoms with Crippen LogP contribution in [0, 0.1) is 13.8 Å². The van der Waals surface area contributed by atoms with Crippen molar-refractivity contribution in [2.45, 2.75) is 78.6 Å². The van der Waals surface area contributed by atoms with Crippen LogP contribution in [0.4, 0.5) is 0 Å². The van der Waals surface area contributed by atoms with E-state index in [0.717, 1.165) is 0 Å². The summed E-state index contributed by atoms with van der Waals surface area (Å²) < 4.78 is 0. The molecule has 11 aromatic carbocycles. The molecule has 0 spiro atoms.